The number of carbonyl (C=O) groups is 1. The van der Waals surface area contributed by atoms with Crippen LogP contribution in [0.3, 0.4) is 0 Å². The number of anilines is 1. The van der Waals surface area contributed by atoms with Crippen LogP contribution in [0.5, 0.6) is 5.75 Å². The van der Waals surface area contributed by atoms with Gasteiger partial charge in [-0.2, -0.15) is 0 Å². The summed E-state index contributed by atoms with van der Waals surface area (Å²) in [7, 11) is -4.01. The fourth-order valence-corrected chi connectivity index (χ4v) is 5.16. The average Bonchev–Trinajstić information content (AvgIpc) is 2.73. The van der Waals surface area contributed by atoms with Crippen molar-refractivity contribution < 1.29 is 17.9 Å². The van der Waals surface area contributed by atoms with Crippen LogP contribution >= 0.6 is 11.6 Å². The summed E-state index contributed by atoms with van der Waals surface area (Å²) >= 11 is 5.94. The van der Waals surface area contributed by atoms with E-state index in [4.69, 9.17) is 16.3 Å². The lowest BCUT2D eigenvalue weighted by Gasteiger charge is -2.33. The molecule has 0 saturated carbocycles. The molecule has 0 aromatic heterocycles. The fourth-order valence-electron chi connectivity index (χ4n) is 3.61. The lowest BCUT2D eigenvalue weighted by molar-refractivity contribution is -0.131. The number of halogens is 1. The van der Waals surface area contributed by atoms with Gasteiger partial charge in [0.15, 0.2) is 0 Å². The van der Waals surface area contributed by atoms with E-state index in [0.29, 0.717) is 42.1 Å². The van der Waals surface area contributed by atoms with Crippen molar-refractivity contribution >= 4 is 33.2 Å². The number of ether oxygens (including phenoxy) is 1. The third-order valence-corrected chi connectivity index (χ3v) is 7.15. The molecule has 2 aromatic carbocycles. The quantitative estimate of drug-likeness (QED) is 0.634. The van der Waals surface area contributed by atoms with Crippen molar-refractivity contribution in [2.75, 3.05) is 30.5 Å². The second-order valence-corrected chi connectivity index (χ2v) is 9.75. The number of nitrogens with zero attached hydrogens (tertiary/aromatic N) is 2. The second-order valence-electron chi connectivity index (χ2n) is 7.45. The minimum absolute atomic E-state index is 0.0676. The Hall–Kier alpha value is -2.25. The van der Waals surface area contributed by atoms with E-state index < -0.39 is 10.0 Å². The molecule has 1 saturated heterocycles. The highest BCUT2D eigenvalue weighted by molar-refractivity contribution is 7.92. The summed E-state index contributed by atoms with van der Waals surface area (Å²) in [5, 5.41) is 0.439. The molecule has 0 aliphatic carbocycles. The predicted molar refractivity (Wildman–Crippen MR) is 119 cm³/mol. The lowest BCUT2D eigenvalue weighted by Crippen LogP contribution is -2.46. The van der Waals surface area contributed by atoms with E-state index in [1.807, 2.05) is 6.92 Å². The molecule has 1 aliphatic rings. The van der Waals surface area contributed by atoms with Crippen LogP contribution in [0.4, 0.5) is 5.69 Å². The molecule has 8 heteroatoms. The molecule has 1 heterocycles. The Labute approximate surface area is 183 Å². The Morgan fingerprint density at radius 2 is 1.90 bits per heavy atom. The van der Waals surface area contributed by atoms with Crippen LogP contribution in [0.25, 0.3) is 0 Å². The zero-order chi connectivity index (χ0) is 21.7. The number of hydrogen-bond acceptors (Lipinski definition) is 4. The first kappa shape index (κ1) is 22.4. The smallest absolute Gasteiger partial charge is 0.264 e. The highest BCUT2D eigenvalue weighted by Crippen LogP contribution is 2.33. The number of piperidine rings is 1. The monoisotopic (exact) mass is 450 g/mol. The van der Waals surface area contributed by atoms with Gasteiger partial charge in [0.05, 0.1) is 17.2 Å². The Balaban J connectivity index is 2.01. The number of para-hydroxylation sites is 2. The Morgan fingerprint density at radius 1 is 1.20 bits per heavy atom. The van der Waals surface area contributed by atoms with E-state index >= 15 is 0 Å². The summed E-state index contributed by atoms with van der Waals surface area (Å²) in [5.74, 6) is 0.600. The lowest BCUT2D eigenvalue weighted by atomic mass is 10.0. The molecule has 1 fully saturated rings. The van der Waals surface area contributed by atoms with Crippen LogP contribution in [0.2, 0.25) is 5.02 Å². The van der Waals surface area contributed by atoms with Crippen LogP contribution in [-0.4, -0.2) is 45.5 Å². The number of amides is 1. The van der Waals surface area contributed by atoms with Crippen LogP contribution in [0.1, 0.15) is 26.7 Å². The first-order chi connectivity index (χ1) is 14.3. The Kier molecular flexibility index (Phi) is 7.26. The summed E-state index contributed by atoms with van der Waals surface area (Å²) in [4.78, 5) is 14.9. The molecule has 1 aliphatic heterocycles. The van der Waals surface area contributed by atoms with E-state index in [1.165, 1.54) is 24.3 Å². The van der Waals surface area contributed by atoms with E-state index in [0.717, 1.165) is 17.1 Å². The van der Waals surface area contributed by atoms with Crippen LogP contribution in [0, 0.1) is 5.92 Å². The SMILES string of the molecule is CCOc1ccccc1N(CC(=O)N1CCCC(C)C1)S(=O)(=O)c1ccc(Cl)cc1. The van der Waals surface area contributed by atoms with E-state index in [-0.39, 0.29) is 17.3 Å². The zero-order valence-electron chi connectivity index (χ0n) is 17.3. The van der Waals surface area contributed by atoms with Crippen molar-refractivity contribution in [3.8, 4) is 5.75 Å². The number of sulfonamides is 1. The maximum atomic E-state index is 13.5. The first-order valence-corrected chi connectivity index (χ1v) is 11.9. The summed E-state index contributed by atoms with van der Waals surface area (Å²) in [6.07, 6.45) is 2.00. The van der Waals surface area contributed by atoms with Crippen LogP contribution in [0.15, 0.2) is 53.4 Å². The molecule has 2 aromatic rings. The third-order valence-electron chi connectivity index (χ3n) is 5.12. The van der Waals surface area contributed by atoms with Gasteiger partial charge in [-0.3, -0.25) is 9.10 Å². The van der Waals surface area contributed by atoms with Crippen molar-refractivity contribution in [3.63, 3.8) is 0 Å². The van der Waals surface area contributed by atoms with Crippen molar-refractivity contribution in [3.05, 3.63) is 53.6 Å². The molecule has 0 bridgehead atoms. The van der Waals surface area contributed by atoms with Gasteiger partial charge in [-0.15, -0.1) is 0 Å². The molecule has 30 heavy (non-hydrogen) atoms. The molecule has 162 valence electrons. The summed E-state index contributed by atoms with van der Waals surface area (Å²) in [6, 6.07) is 12.8. The topological polar surface area (TPSA) is 66.9 Å². The molecule has 1 amide bonds. The van der Waals surface area contributed by atoms with Gasteiger partial charge >= 0.3 is 0 Å². The number of carbonyl (C=O) groups excluding carboxylic acids is 1. The van der Waals surface area contributed by atoms with Gasteiger partial charge in [-0.25, -0.2) is 8.42 Å². The summed E-state index contributed by atoms with van der Waals surface area (Å²) in [6.45, 7) is 5.30. The highest BCUT2D eigenvalue weighted by atomic mass is 35.5. The van der Waals surface area contributed by atoms with Crippen molar-refractivity contribution in [2.24, 2.45) is 5.92 Å². The highest BCUT2D eigenvalue weighted by Gasteiger charge is 2.32. The Bertz CT molecular complexity index is 979. The number of hydrogen-bond donors (Lipinski definition) is 0. The first-order valence-electron chi connectivity index (χ1n) is 10.1. The standard InChI is InChI=1S/C22H27ClN2O4S/c1-3-29-21-9-5-4-8-20(21)25(16-22(26)24-14-6-7-17(2)15-24)30(27,28)19-12-10-18(23)11-13-19/h4-5,8-13,17H,3,6-7,14-16H2,1-2H3. The normalized spacial score (nSPS) is 16.9. The van der Waals surface area contributed by atoms with E-state index in [2.05, 4.69) is 6.92 Å². The maximum Gasteiger partial charge on any atom is 0.264 e. The summed E-state index contributed by atoms with van der Waals surface area (Å²) < 4.78 is 33.9. The molecule has 1 unspecified atom stereocenters. The molecule has 0 spiro atoms. The zero-order valence-corrected chi connectivity index (χ0v) is 18.8. The molecular weight excluding hydrogens is 424 g/mol. The Morgan fingerprint density at radius 3 is 2.57 bits per heavy atom. The molecule has 1 atom stereocenters. The molecule has 6 nitrogen and oxygen atoms in total. The predicted octanol–water partition coefficient (Wildman–Crippen LogP) is 4.19. The van der Waals surface area contributed by atoms with Gasteiger partial charge in [0.2, 0.25) is 5.91 Å². The maximum absolute atomic E-state index is 13.5. The minimum Gasteiger partial charge on any atom is -0.492 e. The van der Waals surface area contributed by atoms with Gasteiger partial charge in [-0.05, 0) is 62.1 Å². The number of benzene rings is 2. The largest absolute Gasteiger partial charge is 0.492 e. The van der Waals surface area contributed by atoms with E-state index in [1.54, 1.807) is 29.2 Å². The van der Waals surface area contributed by atoms with Crippen LogP contribution < -0.4 is 9.04 Å². The van der Waals surface area contributed by atoms with Gasteiger partial charge < -0.3 is 9.64 Å². The van der Waals surface area contributed by atoms with Crippen molar-refractivity contribution in [1.29, 1.82) is 0 Å². The van der Waals surface area contributed by atoms with Gasteiger partial charge in [0.25, 0.3) is 10.0 Å². The van der Waals surface area contributed by atoms with Crippen molar-refractivity contribution in [2.45, 2.75) is 31.6 Å². The number of rotatable bonds is 7. The molecule has 3 rings (SSSR count). The average molecular weight is 451 g/mol. The molecular formula is C22H27ClN2O4S. The number of likely N-dealkylation sites (tertiary alicyclic amines) is 1. The van der Waals surface area contributed by atoms with E-state index in [9.17, 15) is 13.2 Å². The van der Waals surface area contributed by atoms with Gasteiger partial charge in [-0.1, -0.05) is 30.7 Å². The van der Waals surface area contributed by atoms with Crippen molar-refractivity contribution in [1.82, 2.24) is 4.90 Å². The second kappa shape index (κ2) is 9.71. The fraction of sp³-hybridized carbons (Fsp3) is 0.409. The summed E-state index contributed by atoms with van der Waals surface area (Å²) in [5.41, 5.74) is 0.340. The van der Waals surface area contributed by atoms with Gasteiger partial charge in [0.1, 0.15) is 12.3 Å². The van der Waals surface area contributed by atoms with Gasteiger partial charge in [0, 0.05) is 18.1 Å². The molecule has 0 radical (unpaired) electrons. The minimum atomic E-state index is -4.01. The van der Waals surface area contributed by atoms with Crippen LogP contribution in [-0.2, 0) is 14.8 Å². The molecule has 0 N–H and O–H groups in total. The third kappa shape index (κ3) is 5.08.